The van der Waals surface area contributed by atoms with Crippen LogP contribution in [0.3, 0.4) is 0 Å². The van der Waals surface area contributed by atoms with Gasteiger partial charge in [-0.15, -0.1) is 0 Å². The van der Waals surface area contributed by atoms with Gasteiger partial charge in [-0.25, -0.2) is 14.8 Å². The van der Waals surface area contributed by atoms with E-state index in [4.69, 9.17) is 4.74 Å². The largest absolute Gasteiger partial charge is 0.433 e. The highest BCUT2D eigenvalue weighted by Crippen LogP contribution is 2.38. The Labute approximate surface area is 261 Å². The minimum Gasteiger partial charge on any atom is -0.433 e. The predicted octanol–water partition coefficient (Wildman–Crippen LogP) is 5.78. The van der Waals surface area contributed by atoms with E-state index < -0.39 is 59.7 Å². The van der Waals surface area contributed by atoms with Crippen molar-refractivity contribution >= 4 is 17.9 Å². The Morgan fingerprint density at radius 1 is 0.957 bits per heavy atom. The second-order valence-corrected chi connectivity index (χ2v) is 11.9. The molecule has 3 aromatic rings. The zero-order chi connectivity index (χ0) is 34.2. The summed E-state index contributed by atoms with van der Waals surface area (Å²) in [4.78, 5) is 39.0. The number of rotatable bonds is 8. The van der Waals surface area contributed by atoms with E-state index in [2.05, 4.69) is 15.1 Å². The SMILES string of the molecule is CCC1CC(N(Cc2cc(C(F)(F)F)cc(C(F)(F)F)c2)c2ncc(-c3cnn(C)c3)cn2)CN1C(=O)OC(C)(C)C(=O)N(C)C. The molecule has 0 aliphatic carbocycles. The number of anilines is 1. The summed E-state index contributed by atoms with van der Waals surface area (Å²) < 4.78 is 89.3. The molecular formula is C30H35F6N7O3. The maximum atomic E-state index is 13.7. The van der Waals surface area contributed by atoms with Gasteiger partial charge < -0.3 is 19.4 Å². The molecule has 1 saturated heterocycles. The summed E-state index contributed by atoms with van der Waals surface area (Å²) in [6.07, 6.45) is -3.81. The van der Waals surface area contributed by atoms with Gasteiger partial charge in [-0.05, 0) is 50.5 Å². The van der Waals surface area contributed by atoms with Crippen molar-refractivity contribution in [2.45, 2.75) is 70.2 Å². The Kier molecular flexibility index (Phi) is 9.59. The van der Waals surface area contributed by atoms with Gasteiger partial charge >= 0.3 is 18.4 Å². The van der Waals surface area contributed by atoms with Crippen LogP contribution in [0.1, 0.15) is 50.3 Å². The van der Waals surface area contributed by atoms with Gasteiger partial charge in [0.2, 0.25) is 5.95 Å². The van der Waals surface area contributed by atoms with E-state index in [1.807, 2.05) is 6.92 Å². The van der Waals surface area contributed by atoms with Crippen LogP contribution < -0.4 is 4.90 Å². The molecule has 2 unspecified atom stereocenters. The molecule has 0 radical (unpaired) electrons. The smallest absolute Gasteiger partial charge is 0.416 e. The summed E-state index contributed by atoms with van der Waals surface area (Å²) in [5.74, 6) is -0.407. The molecule has 1 aliphatic heterocycles. The molecule has 2 amide bonds. The van der Waals surface area contributed by atoms with Crippen molar-refractivity contribution in [2.75, 3.05) is 25.5 Å². The molecule has 0 bridgehead atoms. The normalized spacial score (nSPS) is 17.3. The fourth-order valence-corrected chi connectivity index (χ4v) is 5.45. The van der Waals surface area contributed by atoms with Crippen LogP contribution in [-0.4, -0.2) is 79.9 Å². The summed E-state index contributed by atoms with van der Waals surface area (Å²) >= 11 is 0. The standard InChI is InChI=1S/C30H35F6N7O3/c1-7-23-11-24(17-43(23)27(45)46-28(2,3)25(44)40(4)5)42(26-37-12-19(13-38-26)20-14-39-41(6)16-20)15-18-8-21(29(31,32)33)10-22(9-18)30(34,35)36/h8-10,12-14,16,23-24H,7,11,15,17H2,1-6H3. The fraction of sp³-hybridized carbons (Fsp3) is 0.500. The molecule has 3 heterocycles. The molecular weight excluding hydrogens is 620 g/mol. The minimum absolute atomic E-state index is 0.0115. The number of carbonyl (C=O) groups excluding carboxylic acids is 2. The van der Waals surface area contributed by atoms with Gasteiger partial charge in [0, 0.05) is 70.0 Å². The monoisotopic (exact) mass is 655 g/mol. The van der Waals surface area contributed by atoms with E-state index in [1.54, 1.807) is 24.1 Å². The number of likely N-dealkylation sites (N-methyl/N-ethyl adjacent to an activating group) is 1. The first-order valence-electron chi connectivity index (χ1n) is 14.4. The number of carbonyl (C=O) groups is 2. The zero-order valence-electron chi connectivity index (χ0n) is 26.1. The number of hydrogen-bond acceptors (Lipinski definition) is 7. The van der Waals surface area contributed by atoms with E-state index in [-0.39, 0.29) is 30.5 Å². The summed E-state index contributed by atoms with van der Waals surface area (Å²) in [5.41, 5.74) is -3.36. The van der Waals surface area contributed by atoms with Crippen molar-refractivity contribution < 1.29 is 40.7 Å². The Bertz CT molecular complexity index is 1520. The van der Waals surface area contributed by atoms with Crippen LogP contribution in [0, 0.1) is 0 Å². The van der Waals surface area contributed by atoms with E-state index in [0.717, 1.165) is 0 Å². The predicted molar refractivity (Wildman–Crippen MR) is 155 cm³/mol. The number of likely N-dealkylation sites (tertiary alicyclic amines) is 1. The van der Waals surface area contributed by atoms with E-state index in [0.29, 0.717) is 29.7 Å². The third-order valence-corrected chi connectivity index (χ3v) is 7.74. The first kappa shape index (κ1) is 34.5. The molecule has 0 spiro atoms. The molecule has 1 aromatic carbocycles. The van der Waals surface area contributed by atoms with Crippen molar-refractivity contribution in [3.8, 4) is 11.1 Å². The van der Waals surface area contributed by atoms with Crippen molar-refractivity contribution in [1.29, 1.82) is 0 Å². The molecule has 1 aliphatic rings. The van der Waals surface area contributed by atoms with Crippen LogP contribution >= 0.6 is 0 Å². The number of nitrogens with zero attached hydrogens (tertiary/aromatic N) is 7. The molecule has 16 heteroatoms. The first-order valence-corrected chi connectivity index (χ1v) is 14.4. The van der Waals surface area contributed by atoms with Crippen molar-refractivity contribution in [2.24, 2.45) is 7.05 Å². The zero-order valence-corrected chi connectivity index (χ0v) is 26.1. The highest BCUT2D eigenvalue weighted by atomic mass is 19.4. The molecule has 1 fully saturated rings. The number of aromatic nitrogens is 4. The van der Waals surface area contributed by atoms with Crippen molar-refractivity contribution in [1.82, 2.24) is 29.5 Å². The average Bonchev–Trinajstić information content (AvgIpc) is 3.61. The minimum atomic E-state index is -5.03. The van der Waals surface area contributed by atoms with Crippen LogP contribution in [0.4, 0.5) is 37.1 Å². The lowest BCUT2D eigenvalue weighted by Crippen LogP contribution is -2.48. The molecule has 10 nitrogen and oxygen atoms in total. The van der Waals surface area contributed by atoms with E-state index in [9.17, 15) is 35.9 Å². The van der Waals surface area contributed by atoms with Crippen LogP contribution in [-0.2, 0) is 35.5 Å². The summed E-state index contributed by atoms with van der Waals surface area (Å²) in [6, 6.07) is 0.370. The Morgan fingerprint density at radius 2 is 1.54 bits per heavy atom. The van der Waals surface area contributed by atoms with Gasteiger partial charge in [0.1, 0.15) is 0 Å². The van der Waals surface area contributed by atoms with Gasteiger partial charge in [0.05, 0.1) is 23.4 Å². The second-order valence-electron chi connectivity index (χ2n) is 11.9. The number of alkyl halides is 6. The van der Waals surface area contributed by atoms with Crippen molar-refractivity contribution in [3.05, 3.63) is 59.7 Å². The van der Waals surface area contributed by atoms with Crippen LogP contribution in [0.25, 0.3) is 11.1 Å². The summed E-state index contributed by atoms with van der Waals surface area (Å²) in [6.45, 7) is 4.31. The number of halogens is 6. The number of aryl methyl sites for hydroxylation is 1. The highest BCUT2D eigenvalue weighted by molar-refractivity contribution is 5.86. The molecule has 4 rings (SSSR count). The van der Waals surface area contributed by atoms with Gasteiger partial charge in [-0.1, -0.05) is 6.92 Å². The first-order chi connectivity index (χ1) is 21.3. The van der Waals surface area contributed by atoms with Crippen molar-refractivity contribution in [3.63, 3.8) is 0 Å². The average molecular weight is 656 g/mol. The molecule has 250 valence electrons. The van der Waals surface area contributed by atoms with Crippen LogP contribution in [0.5, 0.6) is 0 Å². The highest BCUT2D eigenvalue weighted by Gasteiger charge is 2.43. The molecule has 2 atom stereocenters. The number of hydrogen-bond donors (Lipinski definition) is 0. The number of benzene rings is 1. The lowest BCUT2D eigenvalue weighted by atomic mass is 10.0. The Morgan fingerprint density at radius 3 is 2.02 bits per heavy atom. The van der Waals surface area contributed by atoms with Gasteiger partial charge in [-0.2, -0.15) is 31.4 Å². The van der Waals surface area contributed by atoms with Gasteiger partial charge in [0.25, 0.3) is 5.91 Å². The second kappa shape index (κ2) is 12.8. The number of ether oxygens (including phenoxy) is 1. The van der Waals surface area contributed by atoms with E-state index in [1.165, 1.54) is 55.0 Å². The fourth-order valence-electron chi connectivity index (χ4n) is 5.45. The number of amides is 2. The third kappa shape index (κ3) is 7.70. The molecule has 46 heavy (non-hydrogen) atoms. The summed E-state index contributed by atoms with van der Waals surface area (Å²) in [5, 5.41) is 4.11. The maximum Gasteiger partial charge on any atom is 0.416 e. The Balaban J connectivity index is 1.72. The van der Waals surface area contributed by atoms with Crippen LogP contribution in [0.2, 0.25) is 0 Å². The molecule has 0 saturated carbocycles. The maximum absolute atomic E-state index is 13.7. The quantitative estimate of drug-likeness (QED) is 0.284. The van der Waals surface area contributed by atoms with Crippen LogP contribution in [0.15, 0.2) is 43.0 Å². The Hall–Kier alpha value is -4.37. The van der Waals surface area contributed by atoms with Gasteiger partial charge in [-0.3, -0.25) is 9.48 Å². The lowest BCUT2D eigenvalue weighted by molar-refractivity contribution is -0.146. The topological polar surface area (TPSA) is 96.7 Å². The lowest BCUT2D eigenvalue weighted by Gasteiger charge is -2.32. The third-order valence-electron chi connectivity index (χ3n) is 7.74. The van der Waals surface area contributed by atoms with E-state index >= 15 is 0 Å². The molecule has 2 aromatic heterocycles. The molecule has 0 N–H and O–H groups in total. The summed E-state index contributed by atoms with van der Waals surface area (Å²) in [7, 11) is 4.77. The van der Waals surface area contributed by atoms with Gasteiger partial charge in [0.15, 0.2) is 5.60 Å².